The van der Waals surface area contributed by atoms with Gasteiger partial charge in [0.2, 0.25) is 5.95 Å². The molecule has 6 aromatic rings. The van der Waals surface area contributed by atoms with Crippen molar-refractivity contribution in [2.24, 2.45) is 0 Å². The van der Waals surface area contributed by atoms with Crippen molar-refractivity contribution in [1.82, 2.24) is 24.4 Å². The van der Waals surface area contributed by atoms with Crippen LogP contribution in [-0.2, 0) is 13.2 Å². The lowest BCUT2D eigenvalue weighted by Gasteiger charge is -2.16. The Morgan fingerprint density at radius 1 is 1.07 bits per heavy atom. The molecule has 1 aliphatic carbocycles. The Morgan fingerprint density at radius 3 is 2.58 bits per heavy atom. The lowest BCUT2D eigenvalue weighted by molar-refractivity contribution is 0.282. The number of aromatic amines is 1. The first-order valence-corrected chi connectivity index (χ1v) is 14.3. The van der Waals surface area contributed by atoms with Crippen molar-refractivity contribution in [1.29, 1.82) is 0 Å². The number of anilines is 1. The Bertz CT molecular complexity index is 2080. The quantitative estimate of drug-likeness (QED) is 0.224. The molecular weight excluding hydrogens is 543 g/mol. The molecule has 43 heavy (non-hydrogen) atoms. The van der Waals surface area contributed by atoms with E-state index < -0.39 is 11.4 Å². The zero-order valence-electron chi connectivity index (χ0n) is 23.9. The summed E-state index contributed by atoms with van der Waals surface area (Å²) >= 11 is 0. The minimum absolute atomic E-state index is 0.0294. The van der Waals surface area contributed by atoms with Crippen LogP contribution in [0.3, 0.4) is 0 Å². The summed E-state index contributed by atoms with van der Waals surface area (Å²) in [5.41, 5.74) is 12.2. The molecule has 0 spiro atoms. The number of aliphatic hydroxyl groups is 1. The van der Waals surface area contributed by atoms with Crippen molar-refractivity contribution in [3.05, 3.63) is 106 Å². The molecule has 3 aromatic carbocycles. The summed E-state index contributed by atoms with van der Waals surface area (Å²) in [6.45, 7) is 0.461. The number of rotatable bonds is 7. The highest BCUT2D eigenvalue weighted by atomic mass is 19.1. The number of hydrogen-bond donors (Lipinski definition) is 3. The second-order valence-corrected chi connectivity index (χ2v) is 11.5. The average molecular weight is 575 g/mol. The number of nitrogens with two attached hydrogens (primary N) is 1. The number of pyridine rings is 1. The summed E-state index contributed by atoms with van der Waals surface area (Å²) in [5, 5.41) is 11.9. The average Bonchev–Trinajstić information content (AvgIpc) is 3.75. The number of halogens is 1. The summed E-state index contributed by atoms with van der Waals surface area (Å²) < 4.78 is 16.6. The molecule has 0 radical (unpaired) electrons. The number of nitrogens with one attached hydrogen (secondary N) is 1. The Kier molecular flexibility index (Phi) is 6.56. The fourth-order valence-electron chi connectivity index (χ4n) is 5.92. The molecule has 0 atom stereocenters. The number of nitrogens with zero attached hydrogens (tertiary/aromatic N) is 4. The van der Waals surface area contributed by atoms with Gasteiger partial charge in [0.25, 0.3) is 5.56 Å². The van der Waals surface area contributed by atoms with Crippen molar-refractivity contribution in [3.8, 4) is 28.2 Å². The molecule has 3 aromatic heterocycles. The second kappa shape index (κ2) is 10.4. The Labute approximate surface area is 247 Å². The van der Waals surface area contributed by atoms with Crippen LogP contribution in [0, 0.1) is 5.82 Å². The number of nitrogen functional groups attached to an aromatic ring is 1. The number of fused-ring (bicyclic) bond motifs is 2. The van der Waals surface area contributed by atoms with Crippen LogP contribution in [0.25, 0.3) is 50.0 Å². The third-order valence-corrected chi connectivity index (χ3v) is 8.12. The van der Waals surface area contributed by atoms with Crippen LogP contribution in [0.1, 0.15) is 35.4 Å². The molecule has 1 saturated carbocycles. The first-order valence-electron chi connectivity index (χ1n) is 14.3. The number of aliphatic hydroxyl groups excluding tert-OH is 1. The summed E-state index contributed by atoms with van der Waals surface area (Å²) in [6.07, 6.45) is 3.72. The third kappa shape index (κ3) is 4.86. The van der Waals surface area contributed by atoms with Gasteiger partial charge in [0.05, 0.1) is 23.4 Å². The molecule has 0 unspecified atom stereocenters. The van der Waals surface area contributed by atoms with E-state index in [9.17, 15) is 9.90 Å². The number of aromatic nitrogens is 4. The molecule has 0 amide bonds. The lowest BCUT2D eigenvalue weighted by Crippen LogP contribution is -2.20. The maximum absolute atomic E-state index is 15.3. The fraction of sp³-hybridized carbons (Fsp3) is 0.206. The van der Waals surface area contributed by atoms with E-state index in [2.05, 4.69) is 44.1 Å². The van der Waals surface area contributed by atoms with Gasteiger partial charge in [0, 0.05) is 34.9 Å². The van der Waals surface area contributed by atoms with Crippen molar-refractivity contribution in [2.45, 2.75) is 31.9 Å². The molecule has 0 aliphatic heterocycles. The van der Waals surface area contributed by atoms with E-state index in [-0.39, 0.29) is 17.9 Å². The smallest absolute Gasteiger partial charge is 0.265 e. The van der Waals surface area contributed by atoms with E-state index in [1.807, 2.05) is 32.3 Å². The van der Waals surface area contributed by atoms with Crippen molar-refractivity contribution >= 4 is 27.8 Å². The fourth-order valence-corrected chi connectivity index (χ4v) is 5.92. The molecule has 216 valence electrons. The van der Waals surface area contributed by atoms with E-state index in [4.69, 9.17) is 5.73 Å². The molecule has 0 saturated heterocycles. The molecule has 1 aliphatic rings. The van der Waals surface area contributed by atoms with Crippen LogP contribution < -0.4 is 11.3 Å². The second-order valence-electron chi connectivity index (χ2n) is 11.5. The summed E-state index contributed by atoms with van der Waals surface area (Å²) in [6, 6.07) is 20.7. The van der Waals surface area contributed by atoms with E-state index >= 15 is 4.39 Å². The van der Waals surface area contributed by atoms with Crippen molar-refractivity contribution in [2.75, 3.05) is 19.8 Å². The Morgan fingerprint density at radius 2 is 1.86 bits per heavy atom. The van der Waals surface area contributed by atoms with Crippen LogP contribution in [0.4, 0.5) is 10.3 Å². The van der Waals surface area contributed by atoms with Gasteiger partial charge in [0.1, 0.15) is 11.5 Å². The zero-order chi connectivity index (χ0) is 29.8. The van der Waals surface area contributed by atoms with Crippen molar-refractivity contribution < 1.29 is 9.50 Å². The largest absolute Gasteiger partial charge is 0.392 e. The zero-order valence-corrected chi connectivity index (χ0v) is 23.9. The Hall–Kier alpha value is -4.86. The van der Waals surface area contributed by atoms with Crippen LogP contribution in [0.2, 0.25) is 0 Å². The van der Waals surface area contributed by atoms with E-state index in [1.165, 1.54) is 16.2 Å². The van der Waals surface area contributed by atoms with Crippen LogP contribution in [0.5, 0.6) is 0 Å². The van der Waals surface area contributed by atoms with Crippen LogP contribution in [-0.4, -0.2) is 43.6 Å². The van der Waals surface area contributed by atoms with Crippen molar-refractivity contribution in [3.63, 3.8) is 0 Å². The highest BCUT2D eigenvalue weighted by Crippen LogP contribution is 2.41. The lowest BCUT2D eigenvalue weighted by atomic mass is 9.99. The highest BCUT2D eigenvalue weighted by molar-refractivity contribution is 5.96. The van der Waals surface area contributed by atoms with E-state index in [1.54, 1.807) is 24.4 Å². The molecule has 9 heteroatoms. The third-order valence-electron chi connectivity index (χ3n) is 8.12. The van der Waals surface area contributed by atoms with Crippen LogP contribution >= 0.6 is 0 Å². The summed E-state index contributed by atoms with van der Waals surface area (Å²) in [4.78, 5) is 28.1. The SMILES string of the molecule is CN(C)Cc1ccc(-c2cc3c(-c4cccc(-n5ccc6cc(C7CC7)cc(F)c6c5=O)c4CO)nc(N)nc3[nH]2)cc1. The molecule has 7 rings (SSSR count). The normalized spacial score (nSPS) is 13.4. The van der Waals surface area contributed by atoms with Gasteiger partial charge in [-0.2, -0.15) is 4.98 Å². The van der Waals surface area contributed by atoms with Gasteiger partial charge >= 0.3 is 0 Å². The predicted molar refractivity (Wildman–Crippen MR) is 168 cm³/mol. The minimum Gasteiger partial charge on any atom is -0.392 e. The summed E-state index contributed by atoms with van der Waals surface area (Å²) in [5.74, 6) is -0.0872. The van der Waals surface area contributed by atoms with Gasteiger partial charge in [-0.1, -0.05) is 42.5 Å². The number of hydrogen-bond acceptors (Lipinski definition) is 6. The summed E-state index contributed by atoms with van der Waals surface area (Å²) in [7, 11) is 4.07. The maximum atomic E-state index is 15.3. The number of benzene rings is 3. The van der Waals surface area contributed by atoms with Gasteiger partial charge in [-0.05, 0) is 79.2 Å². The first-order chi connectivity index (χ1) is 20.8. The first kappa shape index (κ1) is 27.0. The number of H-pyrrole nitrogens is 1. The van der Waals surface area contributed by atoms with Gasteiger partial charge in [-0.3, -0.25) is 9.36 Å². The maximum Gasteiger partial charge on any atom is 0.265 e. The van der Waals surface area contributed by atoms with E-state index in [0.29, 0.717) is 39.5 Å². The van der Waals surface area contributed by atoms with Gasteiger partial charge < -0.3 is 20.7 Å². The van der Waals surface area contributed by atoms with Gasteiger partial charge in [-0.15, -0.1) is 0 Å². The van der Waals surface area contributed by atoms with Gasteiger partial charge in [-0.25, -0.2) is 9.37 Å². The topological polar surface area (TPSA) is 113 Å². The molecule has 1 fully saturated rings. The Balaban J connectivity index is 1.35. The molecule has 4 N–H and O–H groups in total. The van der Waals surface area contributed by atoms with E-state index in [0.717, 1.165) is 41.6 Å². The molecular formula is C34H31FN6O2. The highest BCUT2D eigenvalue weighted by Gasteiger charge is 2.25. The standard InChI is InChI=1S/C34H31FN6O2/c1-40(2)17-19-6-8-21(9-7-19)28-16-25-31(38-34(36)39-32(25)37-28)24-4-3-5-29(26(24)18-42)41-13-12-22-14-23(20-10-11-20)15-27(35)30(22)33(41)43/h3-9,12-16,20,42H,10-11,17-18H2,1-2H3,(H3,36,37,38,39). The monoisotopic (exact) mass is 574 g/mol. The molecule has 8 nitrogen and oxygen atoms in total. The minimum atomic E-state index is -0.527. The van der Waals surface area contributed by atoms with Gasteiger partial charge in [0.15, 0.2) is 0 Å². The molecule has 3 heterocycles. The predicted octanol–water partition coefficient (Wildman–Crippen LogP) is 5.75. The van der Waals surface area contributed by atoms with Crippen LogP contribution in [0.15, 0.2) is 77.7 Å². The molecule has 0 bridgehead atoms.